The van der Waals surface area contributed by atoms with Crippen LogP contribution >= 0.6 is 23.1 Å². The highest BCUT2D eigenvalue weighted by atomic mass is 32.2. The third-order valence-corrected chi connectivity index (χ3v) is 5.79. The summed E-state index contributed by atoms with van der Waals surface area (Å²) < 4.78 is 0.284. The molecule has 0 saturated heterocycles. The van der Waals surface area contributed by atoms with Gasteiger partial charge in [0, 0.05) is 4.75 Å². The van der Waals surface area contributed by atoms with Crippen molar-refractivity contribution in [3.63, 3.8) is 0 Å². The van der Waals surface area contributed by atoms with Crippen molar-refractivity contribution in [2.24, 2.45) is 4.99 Å². The molecule has 0 saturated carbocycles. The molecule has 1 aliphatic heterocycles. The van der Waals surface area contributed by atoms with Crippen LogP contribution in [-0.2, 0) is 4.79 Å². The Bertz CT molecular complexity index is 787. The standard InChI is InChI=1S/C13H13BN2O4S2/c1-13(2)9(12(17)18)16-11(22-13)10-15-7-4-3-6(14(19)20)5-8(7)21-10/h3-5,9,19-20H,1-2H3,(H,17,18). The third kappa shape index (κ3) is 2.65. The summed E-state index contributed by atoms with van der Waals surface area (Å²) in [6, 6.07) is 4.18. The number of carbonyl (C=O) groups is 1. The van der Waals surface area contributed by atoms with Crippen LogP contribution < -0.4 is 5.46 Å². The lowest BCUT2D eigenvalue weighted by atomic mass is 9.80. The molecule has 0 aliphatic carbocycles. The molecule has 0 spiro atoms. The lowest BCUT2D eigenvalue weighted by Crippen LogP contribution is -2.34. The van der Waals surface area contributed by atoms with Crippen molar-refractivity contribution in [3.05, 3.63) is 23.2 Å². The van der Waals surface area contributed by atoms with E-state index in [1.807, 2.05) is 13.8 Å². The number of hydrogen-bond acceptors (Lipinski definition) is 7. The van der Waals surface area contributed by atoms with Crippen LogP contribution in [0.2, 0.25) is 0 Å². The number of thiazole rings is 1. The molecule has 3 N–H and O–H groups in total. The van der Waals surface area contributed by atoms with Gasteiger partial charge in [0.1, 0.15) is 10.1 Å². The van der Waals surface area contributed by atoms with E-state index in [1.54, 1.807) is 18.2 Å². The molecule has 2 aromatic rings. The summed E-state index contributed by atoms with van der Waals surface area (Å²) in [6.45, 7) is 3.70. The second kappa shape index (κ2) is 5.34. The maximum atomic E-state index is 11.3. The number of aromatic nitrogens is 1. The van der Waals surface area contributed by atoms with Crippen LogP contribution in [0.5, 0.6) is 0 Å². The summed E-state index contributed by atoms with van der Waals surface area (Å²) in [6.07, 6.45) is 0. The third-order valence-electron chi connectivity index (χ3n) is 3.39. The van der Waals surface area contributed by atoms with Gasteiger partial charge in [0.05, 0.1) is 10.2 Å². The largest absolute Gasteiger partial charge is 0.488 e. The zero-order valence-electron chi connectivity index (χ0n) is 11.8. The van der Waals surface area contributed by atoms with Gasteiger partial charge in [0.2, 0.25) is 0 Å². The van der Waals surface area contributed by atoms with Gasteiger partial charge < -0.3 is 15.2 Å². The predicted molar refractivity (Wildman–Crippen MR) is 89.1 cm³/mol. The molecule has 0 amide bonds. The van der Waals surface area contributed by atoms with Gasteiger partial charge in [-0.05, 0) is 31.4 Å². The van der Waals surface area contributed by atoms with Gasteiger partial charge in [-0.3, -0.25) is 4.99 Å². The molecular weight excluding hydrogens is 323 g/mol. The molecule has 1 atom stereocenters. The Morgan fingerprint density at radius 3 is 2.68 bits per heavy atom. The smallest absolute Gasteiger partial charge is 0.480 e. The lowest BCUT2D eigenvalue weighted by molar-refractivity contribution is -0.138. The van der Waals surface area contributed by atoms with E-state index in [-0.39, 0.29) is 0 Å². The van der Waals surface area contributed by atoms with Crippen molar-refractivity contribution in [1.29, 1.82) is 0 Å². The molecule has 0 bridgehead atoms. The molecule has 114 valence electrons. The van der Waals surface area contributed by atoms with Gasteiger partial charge in [-0.1, -0.05) is 17.8 Å². The maximum absolute atomic E-state index is 11.3. The van der Waals surface area contributed by atoms with Crippen LogP contribution in [0.25, 0.3) is 10.2 Å². The molecule has 1 aliphatic rings. The quantitative estimate of drug-likeness (QED) is 0.713. The van der Waals surface area contributed by atoms with E-state index in [9.17, 15) is 19.9 Å². The highest BCUT2D eigenvalue weighted by Crippen LogP contribution is 2.41. The van der Waals surface area contributed by atoms with E-state index in [4.69, 9.17) is 0 Å². The van der Waals surface area contributed by atoms with Crippen LogP contribution in [0.1, 0.15) is 18.9 Å². The molecule has 6 nitrogen and oxygen atoms in total. The number of fused-ring (bicyclic) bond motifs is 1. The number of thioether (sulfide) groups is 1. The molecule has 0 fully saturated rings. The van der Waals surface area contributed by atoms with Gasteiger partial charge in [-0.15, -0.1) is 11.3 Å². The van der Waals surface area contributed by atoms with Crippen LogP contribution in [0, 0.1) is 0 Å². The fourth-order valence-corrected chi connectivity index (χ4v) is 4.46. The summed E-state index contributed by atoms with van der Waals surface area (Å²) >= 11 is 2.76. The lowest BCUT2D eigenvalue weighted by Gasteiger charge is -2.19. The summed E-state index contributed by atoms with van der Waals surface area (Å²) in [5.74, 6) is -0.945. The molecule has 3 rings (SSSR count). The Balaban J connectivity index is 2.01. The number of hydrogen-bond donors (Lipinski definition) is 3. The van der Waals surface area contributed by atoms with Crippen molar-refractivity contribution in [3.8, 4) is 0 Å². The first kappa shape index (κ1) is 15.5. The maximum Gasteiger partial charge on any atom is 0.488 e. The first-order valence-corrected chi connectivity index (χ1v) is 8.18. The first-order valence-electron chi connectivity index (χ1n) is 6.54. The highest BCUT2D eigenvalue weighted by Gasteiger charge is 2.43. The Kier molecular flexibility index (Phi) is 3.76. The zero-order valence-corrected chi connectivity index (χ0v) is 13.5. The summed E-state index contributed by atoms with van der Waals surface area (Å²) in [4.78, 5) is 20.1. The zero-order chi connectivity index (χ0) is 16.1. The van der Waals surface area contributed by atoms with E-state index >= 15 is 0 Å². The summed E-state index contributed by atoms with van der Waals surface area (Å²) in [7, 11) is -1.52. The van der Waals surface area contributed by atoms with E-state index in [0.717, 1.165) is 10.2 Å². The molecule has 2 heterocycles. The Labute approximate surface area is 135 Å². The minimum atomic E-state index is -1.52. The molecule has 1 aromatic heterocycles. The minimum absolute atomic E-state index is 0.396. The van der Waals surface area contributed by atoms with E-state index < -0.39 is 23.9 Å². The van der Waals surface area contributed by atoms with E-state index in [2.05, 4.69) is 9.98 Å². The van der Waals surface area contributed by atoms with Crippen molar-refractivity contribution < 1.29 is 19.9 Å². The van der Waals surface area contributed by atoms with Crippen LogP contribution in [-0.4, -0.2) is 49.1 Å². The van der Waals surface area contributed by atoms with Crippen molar-refractivity contribution in [2.75, 3.05) is 0 Å². The summed E-state index contributed by atoms with van der Waals surface area (Å²) in [5, 5.41) is 29.0. The average Bonchev–Trinajstić information content (AvgIpc) is 2.97. The van der Waals surface area contributed by atoms with Crippen molar-refractivity contribution in [1.82, 2.24) is 4.98 Å². The van der Waals surface area contributed by atoms with Gasteiger partial charge >= 0.3 is 13.1 Å². The van der Waals surface area contributed by atoms with Gasteiger partial charge in [-0.25, -0.2) is 9.78 Å². The number of carboxylic acids is 1. The highest BCUT2D eigenvalue weighted by molar-refractivity contribution is 8.16. The van der Waals surface area contributed by atoms with Gasteiger partial charge in [0.25, 0.3) is 0 Å². The summed E-state index contributed by atoms with van der Waals surface area (Å²) in [5.41, 5.74) is 1.12. The Morgan fingerprint density at radius 1 is 1.36 bits per heavy atom. The van der Waals surface area contributed by atoms with Crippen molar-refractivity contribution >= 4 is 56.9 Å². The molecule has 1 aromatic carbocycles. The van der Waals surface area contributed by atoms with Crippen LogP contribution in [0.3, 0.4) is 0 Å². The number of carboxylic acid groups (broad SMARTS) is 1. The monoisotopic (exact) mass is 336 g/mol. The topological polar surface area (TPSA) is 103 Å². The molecular formula is C13H13BN2O4S2. The number of rotatable bonds is 3. The molecule has 22 heavy (non-hydrogen) atoms. The molecule has 9 heteroatoms. The van der Waals surface area contributed by atoms with Crippen LogP contribution in [0.15, 0.2) is 23.2 Å². The fraction of sp³-hybridized carbons (Fsp3) is 0.308. The minimum Gasteiger partial charge on any atom is -0.480 e. The Hall–Kier alpha value is -1.42. The predicted octanol–water partition coefficient (Wildman–Crippen LogP) is 0.701. The average molecular weight is 336 g/mol. The second-order valence-electron chi connectivity index (χ2n) is 5.50. The first-order chi connectivity index (χ1) is 10.3. The number of aliphatic imine (C=N–C) groups is 1. The van der Waals surface area contributed by atoms with E-state index in [1.165, 1.54) is 23.1 Å². The molecule has 0 radical (unpaired) electrons. The van der Waals surface area contributed by atoms with Gasteiger partial charge in [0.15, 0.2) is 6.04 Å². The number of benzene rings is 1. The number of aliphatic carboxylic acids is 1. The fourth-order valence-electron chi connectivity index (χ4n) is 2.25. The van der Waals surface area contributed by atoms with Crippen LogP contribution in [0.4, 0.5) is 0 Å². The number of nitrogens with zero attached hydrogens (tertiary/aromatic N) is 2. The van der Waals surface area contributed by atoms with Crippen molar-refractivity contribution in [2.45, 2.75) is 24.6 Å². The molecule has 1 unspecified atom stereocenters. The van der Waals surface area contributed by atoms with E-state index in [0.29, 0.717) is 15.5 Å². The Morgan fingerprint density at radius 2 is 2.09 bits per heavy atom. The normalized spacial score (nSPS) is 20.2. The second-order valence-corrected chi connectivity index (χ2v) is 8.17. The van der Waals surface area contributed by atoms with Gasteiger partial charge in [-0.2, -0.15) is 0 Å². The SMILES string of the molecule is CC1(C)SC(c2nc3ccc(B(O)O)cc3s2)=NC1C(=O)O.